The summed E-state index contributed by atoms with van der Waals surface area (Å²) in [5.41, 5.74) is 0.982. The normalized spacial score (nSPS) is 12.1. The highest BCUT2D eigenvalue weighted by Crippen LogP contribution is 1.99. The maximum atomic E-state index is 11.4. The van der Waals surface area contributed by atoms with Crippen LogP contribution in [0.2, 0.25) is 0 Å². The lowest BCUT2D eigenvalue weighted by Gasteiger charge is -2.10. The Labute approximate surface area is 83.8 Å². The number of nitrogens with one attached hydrogen (secondary N) is 1. The molecule has 0 saturated heterocycles. The molecule has 0 fully saturated rings. The summed E-state index contributed by atoms with van der Waals surface area (Å²) in [5.74, 6) is -0.0576. The maximum absolute atomic E-state index is 11.4. The van der Waals surface area contributed by atoms with Gasteiger partial charge < -0.3 is 10.4 Å². The Bertz CT molecular complexity index is 285. The Hall–Kier alpha value is -1.35. The van der Waals surface area contributed by atoms with Crippen molar-refractivity contribution in [1.82, 2.24) is 5.32 Å². The minimum absolute atomic E-state index is 0.0273. The Kier molecular flexibility index (Phi) is 4.13. The van der Waals surface area contributed by atoms with E-state index in [-0.39, 0.29) is 18.6 Å². The highest BCUT2D eigenvalue weighted by Gasteiger charge is 2.06. The highest BCUT2D eigenvalue weighted by molar-refractivity contribution is 5.78. The second-order valence-electron chi connectivity index (χ2n) is 3.31. The molecule has 1 amide bonds. The molecule has 1 aromatic rings. The number of carbonyl (C=O) groups is 1. The lowest BCUT2D eigenvalue weighted by Crippen LogP contribution is -2.35. The van der Waals surface area contributed by atoms with E-state index in [1.165, 1.54) is 0 Å². The number of rotatable bonds is 4. The third-order valence-corrected chi connectivity index (χ3v) is 1.89. The zero-order valence-corrected chi connectivity index (χ0v) is 8.23. The van der Waals surface area contributed by atoms with Gasteiger partial charge in [0.05, 0.1) is 13.0 Å². The zero-order chi connectivity index (χ0) is 10.4. The Morgan fingerprint density at radius 1 is 1.43 bits per heavy atom. The van der Waals surface area contributed by atoms with Gasteiger partial charge in [0, 0.05) is 6.04 Å². The quantitative estimate of drug-likeness (QED) is 0.740. The minimum Gasteiger partial charge on any atom is -0.394 e. The molecule has 0 aliphatic heterocycles. The first kappa shape index (κ1) is 10.7. The molecule has 76 valence electrons. The Balaban J connectivity index is 2.42. The van der Waals surface area contributed by atoms with E-state index in [1.807, 2.05) is 30.3 Å². The number of carbonyl (C=O) groups excluding carboxylic acids is 1. The first-order valence-electron chi connectivity index (χ1n) is 4.66. The largest absolute Gasteiger partial charge is 0.394 e. The van der Waals surface area contributed by atoms with Crippen LogP contribution in [0.1, 0.15) is 12.5 Å². The number of aliphatic hydroxyl groups is 1. The van der Waals surface area contributed by atoms with E-state index in [0.717, 1.165) is 5.56 Å². The van der Waals surface area contributed by atoms with E-state index in [2.05, 4.69) is 5.32 Å². The molecule has 1 rings (SSSR count). The fourth-order valence-corrected chi connectivity index (χ4v) is 1.15. The second-order valence-corrected chi connectivity index (χ2v) is 3.31. The van der Waals surface area contributed by atoms with E-state index in [1.54, 1.807) is 6.92 Å². The molecule has 0 aliphatic carbocycles. The maximum Gasteiger partial charge on any atom is 0.224 e. The van der Waals surface area contributed by atoms with Crippen LogP contribution in [0.15, 0.2) is 30.3 Å². The predicted octanol–water partition coefficient (Wildman–Crippen LogP) is 0.726. The smallest absolute Gasteiger partial charge is 0.224 e. The molecule has 14 heavy (non-hydrogen) atoms. The van der Waals surface area contributed by atoms with E-state index in [9.17, 15) is 4.79 Å². The van der Waals surface area contributed by atoms with Gasteiger partial charge in [-0.15, -0.1) is 0 Å². The standard InChI is InChI=1S/C11H15NO2/c1-9(8-13)12-11(14)7-10-5-3-2-4-6-10/h2-6,9,13H,7-8H2,1H3,(H,12,14). The fourth-order valence-electron chi connectivity index (χ4n) is 1.15. The molecular weight excluding hydrogens is 178 g/mol. The number of hydrogen-bond donors (Lipinski definition) is 2. The van der Waals surface area contributed by atoms with Gasteiger partial charge in [0.15, 0.2) is 0 Å². The molecule has 2 N–H and O–H groups in total. The Morgan fingerprint density at radius 2 is 2.07 bits per heavy atom. The van der Waals surface area contributed by atoms with E-state index in [0.29, 0.717) is 6.42 Å². The van der Waals surface area contributed by atoms with E-state index < -0.39 is 0 Å². The third kappa shape index (κ3) is 3.58. The average molecular weight is 193 g/mol. The average Bonchev–Trinajstić information content (AvgIpc) is 2.19. The molecule has 0 aliphatic rings. The van der Waals surface area contributed by atoms with Crippen molar-refractivity contribution in [3.63, 3.8) is 0 Å². The Morgan fingerprint density at radius 3 is 2.64 bits per heavy atom. The molecular formula is C11H15NO2. The van der Waals surface area contributed by atoms with Crippen LogP contribution in [0, 0.1) is 0 Å². The number of aliphatic hydroxyl groups excluding tert-OH is 1. The first-order chi connectivity index (χ1) is 6.72. The molecule has 3 heteroatoms. The molecule has 1 atom stereocenters. The zero-order valence-electron chi connectivity index (χ0n) is 8.23. The lowest BCUT2D eigenvalue weighted by atomic mass is 10.1. The molecule has 0 radical (unpaired) electrons. The van der Waals surface area contributed by atoms with Crippen LogP contribution >= 0.6 is 0 Å². The van der Waals surface area contributed by atoms with Crippen LogP contribution in [-0.2, 0) is 11.2 Å². The van der Waals surface area contributed by atoms with Crippen LogP contribution in [-0.4, -0.2) is 23.7 Å². The number of hydrogen-bond acceptors (Lipinski definition) is 2. The van der Waals surface area contributed by atoms with Crippen molar-refractivity contribution in [1.29, 1.82) is 0 Å². The molecule has 1 unspecified atom stereocenters. The van der Waals surface area contributed by atoms with Crippen molar-refractivity contribution in [3.05, 3.63) is 35.9 Å². The molecule has 0 saturated carbocycles. The van der Waals surface area contributed by atoms with Crippen LogP contribution in [0.25, 0.3) is 0 Å². The van der Waals surface area contributed by atoms with Gasteiger partial charge in [-0.3, -0.25) is 4.79 Å². The summed E-state index contributed by atoms with van der Waals surface area (Å²) < 4.78 is 0. The van der Waals surface area contributed by atoms with E-state index >= 15 is 0 Å². The topological polar surface area (TPSA) is 49.3 Å². The van der Waals surface area contributed by atoms with Gasteiger partial charge in [0.1, 0.15) is 0 Å². The third-order valence-electron chi connectivity index (χ3n) is 1.89. The van der Waals surface area contributed by atoms with Gasteiger partial charge >= 0.3 is 0 Å². The number of amides is 1. The van der Waals surface area contributed by atoms with Gasteiger partial charge in [-0.2, -0.15) is 0 Å². The molecule has 0 spiro atoms. The van der Waals surface area contributed by atoms with Crippen molar-refractivity contribution in [3.8, 4) is 0 Å². The van der Waals surface area contributed by atoms with Crippen molar-refractivity contribution < 1.29 is 9.90 Å². The predicted molar refractivity (Wildman–Crippen MR) is 54.8 cm³/mol. The van der Waals surface area contributed by atoms with Gasteiger partial charge in [-0.25, -0.2) is 0 Å². The molecule has 3 nitrogen and oxygen atoms in total. The van der Waals surface area contributed by atoms with E-state index in [4.69, 9.17) is 5.11 Å². The fraction of sp³-hybridized carbons (Fsp3) is 0.364. The highest BCUT2D eigenvalue weighted by atomic mass is 16.3. The van der Waals surface area contributed by atoms with Crippen LogP contribution < -0.4 is 5.32 Å². The van der Waals surface area contributed by atoms with Crippen LogP contribution in [0.3, 0.4) is 0 Å². The molecule has 0 heterocycles. The summed E-state index contributed by atoms with van der Waals surface area (Å²) in [6, 6.07) is 9.35. The molecule has 0 bridgehead atoms. The van der Waals surface area contributed by atoms with Crippen LogP contribution in [0.4, 0.5) is 0 Å². The summed E-state index contributed by atoms with van der Waals surface area (Å²) in [5, 5.41) is 11.4. The SMILES string of the molecule is CC(CO)NC(=O)Cc1ccccc1. The van der Waals surface area contributed by atoms with Crippen LogP contribution in [0.5, 0.6) is 0 Å². The molecule has 1 aromatic carbocycles. The summed E-state index contributed by atoms with van der Waals surface area (Å²) >= 11 is 0. The summed E-state index contributed by atoms with van der Waals surface area (Å²) in [7, 11) is 0. The molecule has 0 aromatic heterocycles. The second kappa shape index (κ2) is 5.40. The lowest BCUT2D eigenvalue weighted by molar-refractivity contribution is -0.121. The van der Waals surface area contributed by atoms with Crippen molar-refractivity contribution in [2.24, 2.45) is 0 Å². The van der Waals surface area contributed by atoms with Gasteiger partial charge in [0.25, 0.3) is 0 Å². The van der Waals surface area contributed by atoms with Gasteiger partial charge in [-0.05, 0) is 12.5 Å². The van der Waals surface area contributed by atoms with Crippen molar-refractivity contribution in [2.45, 2.75) is 19.4 Å². The summed E-state index contributed by atoms with van der Waals surface area (Å²) in [6.45, 7) is 1.74. The van der Waals surface area contributed by atoms with Crippen molar-refractivity contribution in [2.75, 3.05) is 6.61 Å². The van der Waals surface area contributed by atoms with Gasteiger partial charge in [0.2, 0.25) is 5.91 Å². The minimum atomic E-state index is -0.175. The van der Waals surface area contributed by atoms with Gasteiger partial charge in [-0.1, -0.05) is 30.3 Å². The number of benzene rings is 1. The summed E-state index contributed by atoms with van der Waals surface area (Å²) in [6.07, 6.45) is 0.366. The first-order valence-corrected chi connectivity index (χ1v) is 4.66. The van der Waals surface area contributed by atoms with Crippen molar-refractivity contribution >= 4 is 5.91 Å². The monoisotopic (exact) mass is 193 g/mol. The summed E-state index contributed by atoms with van der Waals surface area (Å²) in [4.78, 5) is 11.4.